The van der Waals surface area contributed by atoms with Crippen molar-refractivity contribution in [1.29, 1.82) is 0 Å². The van der Waals surface area contributed by atoms with Crippen LogP contribution in [0.2, 0.25) is 0 Å². The molecule has 4 aromatic rings. The minimum Gasteiger partial charge on any atom is -0.493 e. The first-order chi connectivity index (χ1) is 20.1. The van der Waals surface area contributed by atoms with Gasteiger partial charge in [-0.3, -0.25) is 4.90 Å². The number of aliphatic hydroxyl groups excluding tert-OH is 1. The first-order valence-corrected chi connectivity index (χ1v) is 14.2. The van der Waals surface area contributed by atoms with Crippen molar-refractivity contribution in [3.8, 4) is 22.9 Å². The molecule has 2 saturated heterocycles. The number of hydrogen-bond donors (Lipinski definition) is 2. The van der Waals surface area contributed by atoms with E-state index in [4.69, 9.17) is 24.3 Å². The Bertz CT molecular complexity index is 1470. The highest BCUT2D eigenvalue weighted by atomic mass is 16.5. The van der Waals surface area contributed by atoms with Gasteiger partial charge in [-0.1, -0.05) is 6.42 Å². The van der Waals surface area contributed by atoms with Gasteiger partial charge in [0.25, 0.3) is 0 Å². The van der Waals surface area contributed by atoms with E-state index in [2.05, 4.69) is 32.2 Å². The zero-order valence-electron chi connectivity index (χ0n) is 23.9. The number of piperidine rings is 1. The van der Waals surface area contributed by atoms with Crippen LogP contribution in [0, 0.1) is 0 Å². The molecule has 1 atom stereocenters. The quantitative estimate of drug-likeness (QED) is 0.297. The van der Waals surface area contributed by atoms with Crippen molar-refractivity contribution >= 4 is 23.1 Å². The molecule has 6 rings (SSSR count). The van der Waals surface area contributed by atoms with Gasteiger partial charge in [-0.25, -0.2) is 9.50 Å². The highest BCUT2D eigenvalue weighted by Crippen LogP contribution is 2.39. The van der Waals surface area contributed by atoms with Crippen LogP contribution in [0.4, 0.5) is 17.6 Å². The molecule has 218 valence electrons. The second-order valence-corrected chi connectivity index (χ2v) is 10.6. The van der Waals surface area contributed by atoms with E-state index in [1.165, 1.54) is 19.3 Å². The Morgan fingerprint density at radius 3 is 2.46 bits per heavy atom. The summed E-state index contributed by atoms with van der Waals surface area (Å²) in [4.78, 5) is 14.2. The number of nitrogens with zero attached hydrogens (tertiary/aromatic N) is 7. The average Bonchev–Trinajstić information content (AvgIpc) is 3.77. The summed E-state index contributed by atoms with van der Waals surface area (Å²) in [6, 6.07) is 7.96. The van der Waals surface area contributed by atoms with Crippen LogP contribution in [0.3, 0.4) is 0 Å². The van der Waals surface area contributed by atoms with Crippen LogP contribution in [0.1, 0.15) is 37.8 Å². The fraction of sp³-hybridized carbons (Fsp3) is 0.483. The normalized spacial score (nSPS) is 17.8. The summed E-state index contributed by atoms with van der Waals surface area (Å²) in [5, 5.41) is 18.4. The maximum absolute atomic E-state index is 10.0. The number of fused-ring (bicyclic) bond motifs is 1. The third kappa shape index (κ3) is 5.36. The monoisotopic (exact) mass is 562 g/mol. The van der Waals surface area contributed by atoms with Gasteiger partial charge in [0.2, 0.25) is 11.7 Å². The van der Waals surface area contributed by atoms with Crippen molar-refractivity contribution in [1.82, 2.24) is 29.0 Å². The summed E-state index contributed by atoms with van der Waals surface area (Å²) in [7, 11) is 4.78. The Morgan fingerprint density at radius 2 is 1.76 bits per heavy atom. The summed E-state index contributed by atoms with van der Waals surface area (Å²) >= 11 is 0. The highest BCUT2D eigenvalue weighted by Gasteiger charge is 2.28. The largest absolute Gasteiger partial charge is 0.493 e. The Labute approximate surface area is 239 Å². The first-order valence-electron chi connectivity index (χ1n) is 14.2. The molecule has 0 saturated carbocycles. The molecule has 0 unspecified atom stereocenters. The van der Waals surface area contributed by atoms with Crippen LogP contribution < -0.4 is 24.4 Å². The van der Waals surface area contributed by atoms with E-state index in [9.17, 15) is 5.11 Å². The summed E-state index contributed by atoms with van der Waals surface area (Å²) in [5.74, 6) is 3.56. The Balaban J connectivity index is 1.35. The van der Waals surface area contributed by atoms with Gasteiger partial charge >= 0.3 is 0 Å². The number of aliphatic hydroxyl groups is 1. The van der Waals surface area contributed by atoms with E-state index >= 15 is 0 Å². The lowest BCUT2D eigenvalue weighted by atomic mass is 10.1. The molecule has 41 heavy (non-hydrogen) atoms. The molecular weight excluding hydrogens is 524 g/mol. The molecule has 0 spiro atoms. The van der Waals surface area contributed by atoms with E-state index < -0.39 is 0 Å². The number of ether oxygens (including phenoxy) is 3. The van der Waals surface area contributed by atoms with Crippen molar-refractivity contribution in [2.75, 3.05) is 57.8 Å². The van der Waals surface area contributed by atoms with Crippen LogP contribution in [-0.2, 0) is 6.54 Å². The zero-order chi connectivity index (χ0) is 28.3. The standard InChI is InChI=1S/C29H38N8O4/c1-39-24-14-22(15-25(40-2)27(24)41-3)35-17-26(30-19-35)31-28-23-10-9-20(16-34-11-5-4-6-12-34)37(23)33-29(32-28)36-13-7-8-21(36)18-38/h9-10,14-15,17,19,21,38H,4-8,11-13,16,18H2,1-3H3,(H,31,32,33)/t21-/m1/s1. The summed E-state index contributed by atoms with van der Waals surface area (Å²) in [6.07, 6.45) is 9.31. The third-order valence-electron chi connectivity index (χ3n) is 8.03. The van der Waals surface area contributed by atoms with Crippen molar-refractivity contribution < 1.29 is 19.3 Å². The second-order valence-electron chi connectivity index (χ2n) is 10.6. The molecule has 2 aliphatic rings. The van der Waals surface area contributed by atoms with Crippen LogP contribution in [0.25, 0.3) is 11.2 Å². The molecule has 0 amide bonds. The molecule has 2 N–H and O–H groups in total. The number of anilines is 3. The van der Waals surface area contributed by atoms with Gasteiger partial charge in [-0.15, -0.1) is 5.10 Å². The SMILES string of the molecule is COc1cc(-n2cnc(Nc3nc(N4CCC[C@@H]4CO)nn4c(CN5CCCCC5)ccc34)c2)cc(OC)c1OC. The van der Waals surface area contributed by atoms with Gasteiger partial charge in [0.1, 0.15) is 17.7 Å². The van der Waals surface area contributed by atoms with Crippen molar-refractivity contribution in [2.24, 2.45) is 0 Å². The maximum Gasteiger partial charge on any atom is 0.245 e. The van der Waals surface area contributed by atoms with Gasteiger partial charge in [0.05, 0.1) is 51.6 Å². The summed E-state index contributed by atoms with van der Waals surface area (Å²) in [6.45, 7) is 3.94. The lowest BCUT2D eigenvalue weighted by Crippen LogP contribution is -2.34. The molecular formula is C29H38N8O4. The molecule has 3 aromatic heterocycles. The van der Waals surface area contributed by atoms with Gasteiger partial charge in [0, 0.05) is 25.2 Å². The molecule has 2 fully saturated rings. The van der Waals surface area contributed by atoms with E-state index in [1.807, 2.05) is 27.4 Å². The fourth-order valence-corrected chi connectivity index (χ4v) is 5.87. The molecule has 12 heteroatoms. The highest BCUT2D eigenvalue weighted by molar-refractivity contribution is 5.74. The van der Waals surface area contributed by atoms with E-state index in [1.54, 1.807) is 27.7 Å². The predicted molar refractivity (Wildman–Crippen MR) is 156 cm³/mol. The molecule has 5 heterocycles. The average molecular weight is 563 g/mol. The number of benzene rings is 1. The molecule has 12 nitrogen and oxygen atoms in total. The molecule has 2 aliphatic heterocycles. The van der Waals surface area contributed by atoms with Crippen LogP contribution in [0.15, 0.2) is 36.8 Å². The molecule has 1 aromatic carbocycles. The third-order valence-corrected chi connectivity index (χ3v) is 8.03. The molecule has 0 aliphatic carbocycles. The van der Waals surface area contributed by atoms with Crippen LogP contribution in [-0.4, -0.2) is 87.8 Å². The number of aromatic nitrogens is 5. The van der Waals surface area contributed by atoms with E-state index in [-0.39, 0.29) is 12.6 Å². The minimum atomic E-state index is 0.0145. The maximum atomic E-state index is 10.0. The van der Waals surface area contributed by atoms with E-state index in [0.29, 0.717) is 34.8 Å². The minimum absolute atomic E-state index is 0.0145. The van der Waals surface area contributed by atoms with E-state index in [0.717, 1.165) is 55.9 Å². The van der Waals surface area contributed by atoms with Gasteiger partial charge < -0.3 is 34.1 Å². The second kappa shape index (κ2) is 11.8. The van der Waals surface area contributed by atoms with Gasteiger partial charge in [-0.2, -0.15) is 4.98 Å². The first kappa shape index (κ1) is 27.2. The Kier molecular flexibility index (Phi) is 7.84. The van der Waals surface area contributed by atoms with Gasteiger partial charge in [0.15, 0.2) is 17.3 Å². The number of likely N-dealkylation sites (tertiary alicyclic amines) is 1. The lowest BCUT2D eigenvalue weighted by molar-refractivity contribution is 0.217. The summed E-state index contributed by atoms with van der Waals surface area (Å²) < 4.78 is 20.4. The molecule has 0 radical (unpaired) electrons. The smallest absolute Gasteiger partial charge is 0.245 e. The van der Waals surface area contributed by atoms with Crippen LogP contribution >= 0.6 is 0 Å². The lowest BCUT2D eigenvalue weighted by Gasteiger charge is -2.26. The molecule has 0 bridgehead atoms. The number of rotatable bonds is 10. The predicted octanol–water partition coefficient (Wildman–Crippen LogP) is 3.63. The number of methoxy groups -OCH3 is 3. The Morgan fingerprint density at radius 1 is 0.976 bits per heavy atom. The van der Waals surface area contributed by atoms with Crippen LogP contribution in [0.5, 0.6) is 17.2 Å². The summed E-state index contributed by atoms with van der Waals surface area (Å²) in [5.41, 5.74) is 2.81. The van der Waals surface area contributed by atoms with Crippen molar-refractivity contribution in [3.05, 3.63) is 42.5 Å². The number of imidazole rings is 1. The number of nitrogens with one attached hydrogen (secondary N) is 1. The number of hydrogen-bond acceptors (Lipinski definition) is 10. The van der Waals surface area contributed by atoms with Gasteiger partial charge in [-0.05, 0) is 50.9 Å². The van der Waals surface area contributed by atoms with Crippen molar-refractivity contribution in [3.63, 3.8) is 0 Å². The Hall–Kier alpha value is -4.03. The fourth-order valence-electron chi connectivity index (χ4n) is 5.87. The zero-order valence-corrected chi connectivity index (χ0v) is 23.9. The topological polar surface area (TPSA) is 114 Å². The van der Waals surface area contributed by atoms with Crippen molar-refractivity contribution in [2.45, 2.75) is 44.7 Å².